The first kappa shape index (κ1) is 3.06. The van der Waals surface area contributed by atoms with Crippen molar-refractivity contribution < 1.29 is 8.85 Å². The van der Waals surface area contributed by atoms with Crippen LogP contribution in [-0.2, 0) is 0 Å². The van der Waals surface area contributed by atoms with Crippen LogP contribution in [0.25, 0.3) is 0 Å². The zero-order valence-electron chi connectivity index (χ0n) is 7.66. The van der Waals surface area contributed by atoms with Gasteiger partial charge < -0.3 is 10.5 Å². The first-order chi connectivity index (χ1) is 5.47. The van der Waals surface area contributed by atoms with Gasteiger partial charge in [-0.15, -0.1) is 0 Å². The number of anilines is 1. The van der Waals surface area contributed by atoms with Crippen molar-refractivity contribution in [2.45, 2.75) is 0 Å². The number of rotatable bonds is 1. The maximum Gasteiger partial charge on any atom is 0.126 e. The summed E-state index contributed by atoms with van der Waals surface area (Å²) in [4.78, 5) is 3.68. The zero-order chi connectivity index (χ0) is 9.19. The average molecular weight is 127 g/mol. The van der Waals surface area contributed by atoms with Crippen LogP contribution in [0.5, 0.6) is 5.75 Å². The molecule has 1 heterocycles. The molecule has 1 aromatic heterocycles. The molecule has 0 amide bonds. The molecule has 0 atom stereocenters. The molecule has 3 nitrogen and oxygen atoms in total. The largest absolute Gasteiger partial charge is 0.497 e. The molecule has 0 radical (unpaired) electrons. The van der Waals surface area contributed by atoms with Gasteiger partial charge in [0.15, 0.2) is 0 Å². The zero-order valence-corrected chi connectivity index (χ0v) is 4.66. The molecule has 0 aliphatic carbocycles. The Morgan fingerprint density at radius 1 is 1.89 bits per heavy atom. The Hall–Kier alpha value is -1.25. The fourth-order valence-electron chi connectivity index (χ4n) is 0.491. The van der Waals surface area contributed by atoms with Gasteiger partial charge in [0.25, 0.3) is 0 Å². The van der Waals surface area contributed by atoms with E-state index in [2.05, 4.69) is 9.72 Å². The Bertz CT molecular complexity index is 274. The molecule has 0 spiro atoms. The smallest absolute Gasteiger partial charge is 0.126 e. The summed E-state index contributed by atoms with van der Waals surface area (Å²) in [5.74, 6) is 0.430. The van der Waals surface area contributed by atoms with E-state index in [0.29, 0.717) is 0 Å². The van der Waals surface area contributed by atoms with E-state index in [9.17, 15) is 0 Å². The van der Waals surface area contributed by atoms with E-state index in [1.165, 1.54) is 18.3 Å². The van der Waals surface area contributed by atoms with Crippen LogP contribution in [0.4, 0.5) is 5.82 Å². The summed E-state index contributed by atoms with van der Waals surface area (Å²) in [7, 11) is -2.44. The molecule has 9 heavy (non-hydrogen) atoms. The molecule has 48 valence electrons. The van der Waals surface area contributed by atoms with Gasteiger partial charge in [-0.2, -0.15) is 0 Å². The van der Waals surface area contributed by atoms with Crippen LogP contribution in [0, 0.1) is 0 Å². The van der Waals surface area contributed by atoms with E-state index in [4.69, 9.17) is 9.85 Å². The first-order valence-corrected chi connectivity index (χ1v) is 2.38. The summed E-state index contributed by atoms with van der Waals surface area (Å²) < 4.78 is 24.9. The van der Waals surface area contributed by atoms with Gasteiger partial charge in [0.05, 0.1) is 11.2 Å². The normalized spacial score (nSPS) is 15.3. The molecule has 0 fully saturated rings. The molecule has 0 saturated carbocycles. The van der Waals surface area contributed by atoms with E-state index in [0.717, 1.165) is 0 Å². The predicted octanol–water partition coefficient (Wildman–Crippen LogP) is 0.672. The molecular weight excluding hydrogens is 116 g/mol. The van der Waals surface area contributed by atoms with Crippen molar-refractivity contribution in [1.82, 2.24) is 4.98 Å². The number of nitrogens with two attached hydrogens (primary N) is 1. The standard InChI is InChI=1S/C6H8N2O/c1-9-5-2-3-8-6(7)4-5/h2-4H,1H3,(H2,7,8)/i1D3. The molecule has 0 saturated heterocycles. The van der Waals surface area contributed by atoms with Crippen LogP contribution in [0.1, 0.15) is 4.11 Å². The molecule has 3 heteroatoms. The first-order valence-electron chi connectivity index (χ1n) is 3.88. The molecule has 0 aromatic carbocycles. The second kappa shape index (κ2) is 2.35. The number of pyridine rings is 1. The lowest BCUT2D eigenvalue weighted by molar-refractivity contribution is 0.414. The number of hydrogen-bond donors (Lipinski definition) is 1. The summed E-state index contributed by atoms with van der Waals surface area (Å²) in [6, 6.07) is 2.79. The Balaban J connectivity index is 2.77. The Morgan fingerprint density at radius 3 is 3.44 bits per heavy atom. The monoisotopic (exact) mass is 127 g/mol. The van der Waals surface area contributed by atoms with Gasteiger partial charge in [-0.25, -0.2) is 4.98 Å². The highest BCUT2D eigenvalue weighted by molar-refractivity contribution is 5.35. The minimum Gasteiger partial charge on any atom is -0.497 e. The van der Waals surface area contributed by atoms with Gasteiger partial charge in [-0.1, -0.05) is 0 Å². The summed E-state index contributed by atoms with van der Waals surface area (Å²) in [6.45, 7) is 0. The molecule has 0 aliphatic heterocycles. The lowest BCUT2D eigenvalue weighted by Gasteiger charge is -1.97. The maximum absolute atomic E-state index is 6.79. The van der Waals surface area contributed by atoms with E-state index < -0.39 is 7.04 Å². The van der Waals surface area contributed by atoms with Gasteiger partial charge in [0.2, 0.25) is 0 Å². The van der Waals surface area contributed by atoms with Crippen LogP contribution in [-0.4, -0.2) is 12.0 Å². The Labute approximate surface area is 57.7 Å². The highest BCUT2D eigenvalue weighted by Gasteiger charge is 1.88. The van der Waals surface area contributed by atoms with Crippen molar-refractivity contribution in [1.29, 1.82) is 0 Å². The van der Waals surface area contributed by atoms with Crippen molar-refractivity contribution in [2.24, 2.45) is 0 Å². The SMILES string of the molecule is [2H]C([2H])([2H])Oc1ccnc(N)c1. The quantitative estimate of drug-likeness (QED) is 0.603. The third-order valence-electron chi connectivity index (χ3n) is 0.870. The van der Waals surface area contributed by atoms with Gasteiger partial charge >= 0.3 is 0 Å². The molecule has 0 aliphatic rings. The summed E-state index contributed by atoms with van der Waals surface area (Å²) in [6.07, 6.45) is 1.39. The molecule has 2 N–H and O–H groups in total. The Kier molecular flexibility index (Phi) is 0.797. The molecule has 1 rings (SSSR count). The van der Waals surface area contributed by atoms with Gasteiger partial charge in [0, 0.05) is 12.3 Å². The van der Waals surface area contributed by atoms with Gasteiger partial charge in [-0.05, 0) is 6.07 Å². The third kappa shape index (κ3) is 1.32. The van der Waals surface area contributed by atoms with Crippen molar-refractivity contribution in [3.8, 4) is 5.75 Å². The maximum atomic E-state index is 6.79. The number of nitrogen functional groups attached to an aromatic ring is 1. The van der Waals surface area contributed by atoms with Crippen molar-refractivity contribution in [3.63, 3.8) is 0 Å². The van der Waals surface area contributed by atoms with Crippen LogP contribution in [0.15, 0.2) is 18.3 Å². The van der Waals surface area contributed by atoms with Gasteiger partial charge in [-0.3, -0.25) is 0 Å². The molecular formula is C6H8N2O. The van der Waals surface area contributed by atoms with E-state index in [1.54, 1.807) is 0 Å². The third-order valence-corrected chi connectivity index (χ3v) is 0.870. The number of hydrogen-bond acceptors (Lipinski definition) is 3. The lowest BCUT2D eigenvalue weighted by atomic mass is 10.4. The average Bonchev–Trinajstić information content (AvgIpc) is 1.82. The fraction of sp³-hybridized carbons (Fsp3) is 0.167. The van der Waals surface area contributed by atoms with E-state index >= 15 is 0 Å². The van der Waals surface area contributed by atoms with E-state index in [1.807, 2.05) is 0 Å². The number of ether oxygens (including phenoxy) is 1. The van der Waals surface area contributed by atoms with Crippen LogP contribution >= 0.6 is 0 Å². The van der Waals surface area contributed by atoms with Crippen LogP contribution in [0.3, 0.4) is 0 Å². The summed E-state index contributed by atoms with van der Waals surface area (Å²) in [5, 5.41) is 0. The number of methoxy groups -OCH3 is 1. The number of nitrogens with zero attached hydrogens (tertiary/aromatic N) is 1. The Morgan fingerprint density at radius 2 is 2.78 bits per heavy atom. The molecule has 0 bridgehead atoms. The number of aromatic nitrogens is 1. The molecule has 0 unspecified atom stereocenters. The van der Waals surface area contributed by atoms with Crippen LogP contribution < -0.4 is 10.5 Å². The lowest BCUT2D eigenvalue weighted by Crippen LogP contribution is -1.89. The predicted molar refractivity (Wildman–Crippen MR) is 35.2 cm³/mol. The summed E-state index contributed by atoms with van der Waals surface area (Å²) >= 11 is 0. The highest BCUT2D eigenvalue weighted by Crippen LogP contribution is 2.09. The second-order valence-corrected chi connectivity index (χ2v) is 1.52. The molecule has 1 aromatic rings. The van der Waals surface area contributed by atoms with Crippen molar-refractivity contribution in [3.05, 3.63) is 18.3 Å². The van der Waals surface area contributed by atoms with Gasteiger partial charge in [0.1, 0.15) is 11.6 Å². The highest BCUT2D eigenvalue weighted by atomic mass is 16.5. The topological polar surface area (TPSA) is 48.1 Å². The minimum atomic E-state index is -2.44. The van der Waals surface area contributed by atoms with Crippen molar-refractivity contribution >= 4 is 5.82 Å². The van der Waals surface area contributed by atoms with E-state index in [-0.39, 0.29) is 11.6 Å². The summed E-state index contributed by atoms with van der Waals surface area (Å²) in [5.41, 5.74) is 5.30. The minimum absolute atomic E-state index is 0.197. The van der Waals surface area contributed by atoms with Crippen LogP contribution in [0.2, 0.25) is 0 Å². The van der Waals surface area contributed by atoms with Crippen molar-refractivity contribution in [2.75, 3.05) is 12.8 Å². The fourth-order valence-corrected chi connectivity index (χ4v) is 0.491. The second-order valence-electron chi connectivity index (χ2n) is 1.52.